The average molecular weight is 131 g/mol. The minimum atomic E-state index is -1.08. The van der Waals surface area contributed by atoms with Gasteiger partial charge in [0.15, 0.2) is 0 Å². The number of carbonyl (C=O) groups excluding carboxylic acids is 1. The summed E-state index contributed by atoms with van der Waals surface area (Å²) in [6, 6.07) is 0. The molecule has 1 heterocycles. The van der Waals surface area contributed by atoms with E-state index in [1.54, 1.807) is 0 Å². The summed E-state index contributed by atoms with van der Waals surface area (Å²) in [7, 11) is 0. The Morgan fingerprint density at radius 3 is 1.89 bits per heavy atom. The average Bonchev–Trinajstić information content (AvgIpc) is 2.11. The summed E-state index contributed by atoms with van der Waals surface area (Å²) < 4.78 is 4.94. The lowest BCUT2D eigenvalue weighted by atomic mass is 10.4. The standard InChI is InChI=1S/C4H8O.C2H4O2/c1-2-4-5-3-1;1-2(3)4/h1-4H2;1H3,(H,3,4)/p-1. The van der Waals surface area contributed by atoms with Crippen LogP contribution >= 0.6 is 0 Å². The zero-order valence-electron chi connectivity index (χ0n) is 5.55. The van der Waals surface area contributed by atoms with Gasteiger partial charge in [-0.25, -0.2) is 0 Å². The Balaban J connectivity index is 0.000000148. The third-order valence-electron chi connectivity index (χ3n) is 0.827. The molecule has 1 rings (SSSR count). The fourth-order valence-electron chi connectivity index (χ4n) is 0.510. The van der Waals surface area contributed by atoms with Crippen molar-refractivity contribution >= 4 is 5.97 Å². The molecule has 0 atom stereocenters. The summed E-state index contributed by atoms with van der Waals surface area (Å²) >= 11 is 0. The van der Waals surface area contributed by atoms with E-state index in [1.165, 1.54) is 12.8 Å². The fraction of sp³-hybridized carbons (Fsp3) is 0.833. The van der Waals surface area contributed by atoms with Gasteiger partial charge in [-0.2, -0.15) is 0 Å². The first-order chi connectivity index (χ1) is 4.23. The molecular formula is C6H11O3-. The summed E-state index contributed by atoms with van der Waals surface area (Å²) in [6.45, 7) is 2.97. The van der Waals surface area contributed by atoms with Gasteiger partial charge in [0.05, 0.1) is 0 Å². The van der Waals surface area contributed by atoms with Gasteiger partial charge in [0.25, 0.3) is 0 Å². The first-order valence-corrected chi connectivity index (χ1v) is 2.99. The molecule has 0 N–H and O–H groups in total. The highest BCUT2D eigenvalue weighted by molar-refractivity contribution is 5.60. The van der Waals surface area contributed by atoms with Crippen molar-refractivity contribution in [2.24, 2.45) is 0 Å². The first kappa shape index (κ1) is 8.43. The summed E-state index contributed by atoms with van der Waals surface area (Å²) in [6.07, 6.45) is 2.56. The summed E-state index contributed by atoms with van der Waals surface area (Å²) in [4.78, 5) is 8.89. The number of ether oxygens (including phenoxy) is 1. The molecule has 0 aromatic heterocycles. The van der Waals surface area contributed by atoms with Gasteiger partial charge in [-0.15, -0.1) is 0 Å². The van der Waals surface area contributed by atoms with E-state index in [9.17, 15) is 0 Å². The summed E-state index contributed by atoms with van der Waals surface area (Å²) in [5.41, 5.74) is 0. The van der Waals surface area contributed by atoms with Crippen LogP contribution in [0.1, 0.15) is 19.8 Å². The molecule has 0 radical (unpaired) electrons. The predicted octanol–water partition coefficient (Wildman–Crippen LogP) is -0.447. The Bertz CT molecular complexity index is 64.8. The highest BCUT2D eigenvalue weighted by Crippen LogP contribution is 1.98. The van der Waals surface area contributed by atoms with E-state index in [0.717, 1.165) is 20.1 Å². The fourth-order valence-corrected chi connectivity index (χ4v) is 0.510. The van der Waals surface area contributed by atoms with Crippen molar-refractivity contribution in [1.29, 1.82) is 0 Å². The lowest BCUT2D eigenvalue weighted by molar-refractivity contribution is -0.302. The van der Waals surface area contributed by atoms with Gasteiger partial charge in [0, 0.05) is 19.2 Å². The predicted molar refractivity (Wildman–Crippen MR) is 30.7 cm³/mol. The first-order valence-electron chi connectivity index (χ1n) is 2.99. The normalized spacial score (nSPS) is 16.1. The number of carbonyl (C=O) groups is 1. The minimum Gasteiger partial charge on any atom is -0.550 e. The van der Waals surface area contributed by atoms with Gasteiger partial charge in [-0.3, -0.25) is 0 Å². The molecule has 3 heteroatoms. The molecule has 0 aromatic rings. The third kappa shape index (κ3) is 11.2. The molecule has 0 unspecified atom stereocenters. The van der Waals surface area contributed by atoms with Crippen LogP contribution in [-0.4, -0.2) is 19.2 Å². The molecule has 3 nitrogen and oxygen atoms in total. The van der Waals surface area contributed by atoms with Gasteiger partial charge < -0.3 is 14.6 Å². The second kappa shape index (κ2) is 5.56. The van der Waals surface area contributed by atoms with E-state index in [2.05, 4.69) is 0 Å². The van der Waals surface area contributed by atoms with Crippen LogP contribution in [0.15, 0.2) is 0 Å². The number of carboxylic acids is 1. The smallest absolute Gasteiger partial charge is 0.0466 e. The molecule has 0 aromatic carbocycles. The Morgan fingerprint density at radius 1 is 1.44 bits per heavy atom. The lowest BCUT2D eigenvalue weighted by Crippen LogP contribution is -2.16. The molecule has 0 saturated carbocycles. The minimum absolute atomic E-state index is 0.972. The summed E-state index contributed by atoms with van der Waals surface area (Å²) in [5.74, 6) is -1.08. The lowest BCUT2D eigenvalue weighted by Gasteiger charge is -1.77. The second-order valence-corrected chi connectivity index (χ2v) is 1.81. The molecule has 0 aliphatic carbocycles. The number of hydrogen-bond donors (Lipinski definition) is 0. The van der Waals surface area contributed by atoms with E-state index < -0.39 is 5.97 Å². The van der Waals surface area contributed by atoms with Crippen molar-refractivity contribution in [3.05, 3.63) is 0 Å². The SMILES string of the molecule is C1CCOC1.CC(=O)[O-]. The molecule has 0 spiro atoms. The number of hydrogen-bond acceptors (Lipinski definition) is 3. The van der Waals surface area contributed by atoms with E-state index in [0.29, 0.717) is 0 Å². The van der Waals surface area contributed by atoms with Gasteiger partial charge in [0.1, 0.15) is 0 Å². The summed E-state index contributed by atoms with van der Waals surface area (Å²) in [5, 5.41) is 8.89. The maximum atomic E-state index is 8.89. The molecular weight excluding hydrogens is 120 g/mol. The molecule has 0 bridgehead atoms. The zero-order valence-corrected chi connectivity index (χ0v) is 5.55. The maximum Gasteiger partial charge on any atom is 0.0466 e. The van der Waals surface area contributed by atoms with Crippen molar-refractivity contribution in [2.75, 3.05) is 13.2 Å². The molecule has 54 valence electrons. The quantitative estimate of drug-likeness (QED) is 0.447. The van der Waals surface area contributed by atoms with Crippen LogP contribution in [0.25, 0.3) is 0 Å². The van der Waals surface area contributed by atoms with Crippen molar-refractivity contribution < 1.29 is 14.6 Å². The van der Waals surface area contributed by atoms with Crippen LogP contribution in [0.4, 0.5) is 0 Å². The highest BCUT2D eigenvalue weighted by atomic mass is 16.5. The molecule has 1 aliphatic heterocycles. The van der Waals surface area contributed by atoms with Crippen LogP contribution in [0, 0.1) is 0 Å². The van der Waals surface area contributed by atoms with E-state index in [-0.39, 0.29) is 0 Å². The molecule has 1 fully saturated rings. The largest absolute Gasteiger partial charge is 0.550 e. The van der Waals surface area contributed by atoms with E-state index >= 15 is 0 Å². The zero-order chi connectivity index (χ0) is 7.11. The second-order valence-electron chi connectivity index (χ2n) is 1.81. The van der Waals surface area contributed by atoms with Gasteiger partial charge in [-0.05, 0) is 19.8 Å². The van der Waals surface area contributed by atoms with Crippen molar-refractivity contribution in [3.63, 3.8) is 0 Å². The molecule has 9 heavy (non-hydrogen) atoms. The van der Waals surface area contributed by atoms with Crippen LogP contribution in [-0.2, 0) is 9.53 Å². The van der Waals surface area contributed by atoms with Crippen LogP contribution in [0.5, 0.6) is 0 Å². The number of aliphatic carboxylic acids is 1. The van der Waals surface area contributed by atoms with Crippen LogP contribution < -0.4 is 5.11 Å². The van der Waals surface area contributed by atoms with Crippen LogP contribution in [0.2, 0.25) is 0 Å². The molecule has 1 aliphatic rings. The Morgan fingerprint density at radius 2 is 1.78 bits per heavy atom. The van der Waals surface area contributed by atoms with Crippen molar-refractivity contribution in [3.8, 4) is 0 Å². The van der Waals surface area contributed by atoms with E-state index in [4.69, 9.17) is 14.6 Å². The maximum absolute atomic E-state index is 8.89. The van der Waals surface area contributed by atoms with Gasteiger partial charge >= 0.3 is 0 Å². The topological polar surface area (TPSA) is 49.4 Å². The third-order valence-corrected chi connectivity index (χ3v) is 0.827. The van der Waals surface area contributed by atoms with Crippen LogP contribution in [0.3, 0.4) is 0 Å². The molecule has 0 amide bonds. The number of carboxylic acid groups (broad SMARTS) is 1. The van der Waals surface area contributed by atoms with Crippen molar-refractivity contribution in [2.45, 2.75) is 19.8 Å². The van der Waals surface area contributed by atoms with Gasteiger partial charge in [-0.1, -0.05) is 0 Å². The highest BCUT2D eigenvalue weighted by Gasteiger charge is 1.94. The van der Waals surface area contributed by atoms with Gasteiger partial charge in [0.2, 0.25) is 0 Å². The Kier molecular flexibility index (Phi) is 5.21. The number of rotatable bonds is 0. The van der Waals surface area contributed by atoms with Crippen molar-refractivity contribution in [1.82, 2.24) is 0 Å². The van der Waals surface area contributed by atoms with E-state index in [1.807, 2.05) is 0 Å². The Labute approximate surface area is 54.6 Å². The molecule has 1 saturated heterocycles. The Hall–Kier alpha value is -0.570. The monoisotopic (exact) mass is 131 g/mol.